The molecule has 0 bridgehead atoms. The van der Waals surface area contributed by atoms with Crippen LogP contribution in [0, 0.1) is 0 Å². The molecule has 0 radical (unpaired) electrons. The smallest absolute Gasteiger partial charge is 0.394 e. The Kier molecular flexibility index (Phi) is 7.55. The molecule has 0 heterocycles. The minimum Gasteiger partial charge on any atom is -0.394 e. The van der Waals surface area contributed by atoms with Crippen LogP contribution >= 0.6 is 0 Å². The number of hydrogen-bond acceptors (Lipinski definition) is 3. The van der Waals surface area contributed by atoms with E-state index in [1.807, 2.05) is 36.4 Å². The molecular formula is C24H31F3N2O. The van der Waals surface area contributed by atoms with Gasteiger partial charge in [-0.15, -0.1) is 0 Å². The molecule has 2 aromatic carbocycles. The van der Waals surface area contributed by atoms with Crippen LogP contribution in [0.25, 0.3) is 0 Å². The molecule has 1 atom stereocenters. The first kappa shape index (κ1) is 22.8. The van der Waals surface area contributed by atoms with Gasteiger partial charge in [0.2, 0.25) is 0 Å². The molecule has 164 valence electrons. The quantitative estimate of drug-likeness (QED) is 0.637. The maximum Gasteiger partial charge on any atom is 0.408 e. The fraction of sp³-hybridized carbons (Fsp3) is 0.500. The Labute approximate surface area is 176 Å². The zero-order valence-electron chi connectivity index (χ0n) is 17.4. The summed E-state index contributed by atoms with van der Waals surface area (Å²) in [6.07, 6.45) is -1.49. The number of rotatable bonds is 8. The van der Waals surface area contributed by atoms with Crippen LogP contribution in [0.4, 0.5) is 13.2 Å². The Hall–Kier alpha value is -1.89. The van der Waals surface area contributed by atoms with E-state index in [2.05, 4.69) is 34.5 Å². The van der Waals surface area contributed by atoms with E-state index in [9.17, 15) is 18.3 Å². The van der Waals surface area contributed by atoms with E-state index in [-0.39, 0.29) is 6.04 Å². The van der Waals surface area contributed by atoms with Crippen LogP contribution in [0.3, 0.4) is 0 Å². The van der Waals surface area contributed by atoms with Crippen molar-refractivity contribution in [1.82, 2.24) is 10.2 Å². The molecule has 0 saturated heterocycles. The van der Waals surface area contributed by atoms with E-state index in [1.54, 1.807) is 0 Å². The maximum absolute atomic E-state index is 13.3. The summed E-state index contributed by atoms with van der Waals surface area (Å²) in [5, 5.41) is 12.0. The van der Waals surface area contributed by atoms with Crippen LogP contribution in [-0.2, 0) is 13.1 Å². The molecule has 1 unspecified atom stereocenters. The molecule has 0 spiro atoms. The molecule has 1 aliphatic rings. The zero-order valence-corrected chi connectivity index (χ0v) is 17.4. The summed E-state index contributed by atoms with van der Waals surface area (Å²) < 4.78 is 40.0. The molecule has 3 rings (SSSR count). The highest BCUT2D eigenvalue weighted by Gasteiger charge is 2.51. The van der Waals surface area contributed by atoms with Gasteiger partial charge in [-0.3, -0.25) is 10.2 Å². The topological polar surface area (TPSA) is 35.5 Å². The summed E-state index contributed by atoms with van der Waals surface area (Å²) in [6, 6.07) is 20.7. The van der Waals surface area contributed by atoms with Gasteiger partial charge in [-0.25, -0.2) is 0 Å². The van der Waals surface area contributed by atoms with Crippen LogP contribution in [-0.4, -0.2) is 40.4 Å². The standard InChI is InChI=1S/C24H31F3N2O/c1-23(18-30,24(25,26)27)28-21-12-14-22(15-13-21)29(16-19-8-4-2-5-9-19)17-20-10-6-3-7-11-20/h2-11,21-22,28,30H,12-18H2,1H3/t21-,22-,23?. The molecule has 6 heteroatoms. The lowest BCUT2D eigenvalue weighted by Crippen LogP contribution is -2.61. The van der Waals surface area contributed by atoms with Crippen LogP contribution in [0.2, 0.25) is 0 Å². The highest BCUT2D eigenvalue weighted by Crippen LogP contribution is 2.33. The SMILES string of the molecule is CC(CO)(N[C@H]1CC[C@H](N(Cc2ccccc2)Cc2ccccc2)CC1)C(F)(F)F. The highest BCUT2D eigenvalue weighted by atomic mass is 19.4. The molecular weight excluding hydrogens is 389 g/mol. The van der Waals surface area contributed by atoms with Crippen LogP contribution < -0.4 is 5.32 Å². The molecule has 3 nitrogen and oxygen atoms in total. The minimum absolute atomic E-state index is 0.240. The van der Waals surface area contributed by atoms with Crippen molar-refractivity contribution >= 4 is 0 Å². The van der Waals surface area contributed by atoms with Crippen LogP contribution in [0.1, 0.15) is 43.7 Å². The number of aliphatic hydroxyl groups excluding tert-OH is 1. The van der Waals surface area contributed by atoms with Gasteiger partial charge < -0.3 is 5.11 Å². The lowest BCUT2D eigenvalue weighted by Gasteiger charge is -2.41. The second-order valence-electron chi connectivity index (χ2n) is 8.51. The number of halogens is 3. The van der Waals surface area contributed by atoms with E-state index in [0.29, 0.717) is 18.9 Å². The lowest BCUT2D eigenvalue weighted by atomic mass is 9.87. The van der Waals surface area contributed by atoms with Gasteiger partial charge in [0, 0.05) is 25.2 Å². The van der Waals surface area contributed by atoms with Crippen molar-refractivity contribution in [3.63, 3.8) is 0 Å². The van der Waals surface area contributed by atoms with Crippen LogP contribution in [0.15, 0.2) is 60.7 Å². The largest absolute Gasteiger partial charge is 0.408 e. The number of hydrogen-bond donors (Lipinski definition) is 2. The fourth-order valence-electron chi connectivity index (χ4n) is 4.20. The van der Waals surface area contributed by atoms with Crippen LogP contribution in [0.5, 0.6) is 0 Å². The normalized spacial score (nSPS) is 22.1. The summed E-state index contributed by atoms with van der Waals surface area (Å²) >= 11 is 0. The van der Waals surface area contributed by atoms with Gasteiger partial charge in [-0.2, -0.15) is 13.2 Å². The fourth-order valence-corrected chi connectivity index (χ4v) is 4.20. The second kappa shape index (κ2) is 9.94. The Morgan fingerprint density at radius 2 is 1.33 bits per heavy atom. The maximum atomic E-state index is 13.3. The van der Waals surface area contributed by atoms with Gasteiger partial charge in [0.15, 0.2) is 0 Å². The highest BCUT2D eigenvalue weighted by molar-refractivity contribution is 5.17. The molecule has 2 N–H and O–H groups in total. The van der Waals surface area contributed by atoms with Crippen molar-refractivity contribution in [3.05, 3.63) is 71.8 Å². The summed E-state index contributed by atoms with van der Waals surface area (Å²) in [5.41, 5.74) is 0.218. The van der Waals surface area contributed by atoms with Crippen molar-refractivity contribution in [1.29, 1.82) is 0 Å². The lowest BCUT2D eigenvalue weighted by molar-refractivity contribution is -0.204. The van der Waals surface area contributed by atoms with Crippen molar-refractivity contribution in [2.45, 2.75) is 69.5 Å². The Bertz CT molecular complexity index is 720. The third-order valence-corrected chi connectivity index (χ3v) is 6.13. The summed E-state index contributed by atoms with van der Waals surface area (Å²) in [4.78, 5) is 2.44. The number of alkyl halides is 3. The van der Waals surface area contributed by atoms with Gasteiger partial charge >= 0.3 is 6.18 Å². The predicted octanol–water partition coefficient (Wildman–Crippen LogP) is 4.90. The Balaban J connectivity index is 1.65. The number of benzene rings is 2. The molecule has 0 amide bonds. The van der Waals surface area contributed by atoms with Gasteiger partial charge in [-0.05, 0) is 43.7 Å². The first-order valence-corrected chi connectivity index (χ1v) is 10.6. The number of aliphatic hydroxyl groups is 1. The third kappa shape index (κ3) is 5.84. The Morgan fingerprint density at radius 1 is 0.867 bits per heavy atom. The van der Waals surface area contributed by atoms with E-state index in [4.69, 9.17) is 0 Å². The van der Waals surface area contributed by atoms with Gasteiger partial charge in [0.05, 0.1) is 6.61 Å². The molecule has 2 aromatic rings. The molecule has 30 heavy (non-hydrogen) atoms. The molecule has 1 aliphatic carbocycles. The first-order chi connectivity index (χ1) is 14.3. The van der Waals surface area contributed by atoms with Crippen molar-refractivity contribution in [3.8, 4) is 0 Å². The molecule has 0 aliphatic heterocycles. The average Bonchev–Trinajstić information content (AvgIpc) is 2.74. The van der Waals surface area contributed by atoms with Crippen molar-refractivity contribution < 1.29 is 18.3 Å². The van der Waals surface area contributed by atoms with Crippen molar-refractivity contribution in [2.75, 3.05) is 6.61 Å². The third-order valence-electron chi connectivity index (χ3n) is 6.13. The summed E-state index contributed by atoms with van der Waals surface area (Å²) in [5.74, 6) is 0. The number of nitrogens with zero attached hydrogens (tertiary/aromatic N) is 1. The minimum atomic E-state index is -4.48. The average molecular weight is 421 g/mol. The van der Waals surface area contributed by atoms with Gasteiger partial charge in [-0.1, -0.05) is 60.7 Å². The van der Waals surface area contributed by atoms with E-state index in [1.165, 1.54) is 11.1 Å². The van der Waals surface area contributed by atoms with Gasteiger partial charge in [0.1, 0.15) is 5.54 Å². The van der Waals surface area contributed by atoms with Crippen molar-refractivity contribution in [2.24, 2.45) is 0 Å². The monoisotopic (exact) mass is 420 g/mol. The summed E-state index contributed by atoms with van der Waals surface area (Å²) in [7, 11) is 0. The predicted molar refractivity (Wildman–Crippen MR) is 113 cm³/mol. The van der Waals surface area contributed by atoms with E-state index < -0.39 is 18.3 Å². The van der Waals surface area contributed by atoms with Gasteiger partial charge in [0.25, 0.3) is 0 Å². The zero-order chi connectivity index (χ0) is 21.6. The molecule has 1 saturated carbocycles. The summed E-state index contributed by atoms with van der Waals surface area (Å²) in [6.45, 7) is 1.71. The first-order valence-electron chi connectivity index (χ1n) is 10.6. The molecule has 1 fully saturated rings. The second-order valence-corrected chi connectivity index (χ2v) is 8.51. The number of nitrogens with one attached hydrogen (secondary N) is 1. The Morgan fingerprint density at radius 3 is 1.73 bits per heavy atom. The van der Waals surface area contributed by atoms with E-state index >= 15 is 0 Å². The van der Waals surface area contributed by atoms with E-state index in [0.717, 1.165) is 32.9 Å². The molecule has 0 aromatic heterocycles.